The number of imidazole rings is 1. The maximum Gasteiger partial charge on any atom is 0.416 e. The summed E-state index contributed by atoms with van der Waals surface area (Å²) in [7, 11) is 0. The normalized spacial score (nSPS) is 16.4. The smallest absolute Gasteiger partial charge is 0.364 e. The molecule has 0 aliphatic carbocycles. The fourth-order valence-electron chi connectivity index (χ4n) is 4.74. The maximum atomic E-state index is 13.2. The number of aromatic nitrogens is 4. The van der Waals surface area contributed by atoms with Crippen molar-refractivity contribution in [2.45, 2.75) is 59.3 Å². The number of rotatable bonds is 8. The number of nitrogens with one attached hydrogen (secondary N) is 1. The summed E-state index contributed by atoms with van der Waals surface area (Å²) < 4.78 is 41.5. The number of halogens is 3. The summed E-state index contributed by atoms with van der Waals surface area (Å²) in [6, 6.07) is 5.33. The van der Waals surface area contributed by atoms with Crippen molar-refractivity contribution in [2.75, 3.05) is 36.4 Å². The first-order valence-corrected chi connectivity index (χ1v) is 12.8. The second-order valence-electron chi connectivity index (χ2n) is 9.64. The Labute approximate surface area is 214 Å². The highest BCUT2D eigenvalue weighted by Crippen LogP contribution is 2.31. The van der Waals surface area contributed by atoms with E-state index in [2.05, 4.69) is 10.3 Å². The van der Waals surface area contributed by atoms with Gasteiger partial charge in [-0.2, -0.15) is 23.1 Å². The van der Waals surface area contributed by atoms with E-state index in [-0.39, 0.29) is 24.4 Å². The third-order valence-electron chi connectivity index (χ3n) is 6.81. The zero-order valence-corrected chi connectivity index (χ0v) is 21.7. The van der Waals surface area contributed by atoms with Gasteiger partial charge in [-0.05, 0) is 58.2 Å². The van der Waals surface area contributed by atoms with E-state index >= 15 is 0 Å². The van der Waals surface area contributed by atoms with Gasteiger partial charge in [-0.1, -0.05) is 12.1 Å². The van der Waals surface area contributed by atoms with Crippen LogP contribution >= 0.6 is 0 Å². The SMILES string of the molecule is CCN(CC)C(=O)C1CCCN(c2nc(NCc3cccc(C(F)(F)F)c3)c3ncn(C(C)C)c3n2)C1. The number of hydrogen-bond acceptors (Lipinski definition) is 6. The van der Waals surface area contributed by atoms with Crippen molar-refractivity contribution in [3.63, 3.8) is 0 Å². The first-order chi connectivity index (χ1) is 17.6. The lowest BCUT2D eigenvalue weighted by molar-refractivity contribution is -0.137. The van der Waals surface area contributed by atoms with E-state index in [1.165, 1.54) is 6.07 Å². The zero-order chi connectivity index (χ0) is 26.7. The molecule has 2 aromatic heterocycles. The number of amides is 1. The van der Waals surface area contributed by atoms with E-state index in [4.69, 9.17) is 9.97 Å². The van der Waals surface area contributed by atoms with Crippen LogP contribution in [0, 0.1) is 5.92 Å². The molecule has 1 aliphatic heterocycles. The summed E-state index contributed by atoms with van der Waals surface area (Å²) in [5.74, 6) is 0.947. The van der Waals surface area contributed by atoms with Gasteiger partial charge in [0, 0.05) is 38.8 Å². The van der Waals surface area contributed by atoms with Gasteiger partial charge in [0.2, 0.25) is 11.9 Å². The molecule has 1 atom stereocenters. The average Bonchev–Trinajstić information content (AvgIpc) is 3.32. The number of anilines is 2. The fourth-order valence-corrected chi connectivity index (χ4v) is 4.74. The molecule has 37 heavy (non-hydrogen) atoms. The molecule has 11 heteroatoms. The first kappa shape index (κ1) is 26.7. The van der Waals surface area contributed by atoms with Gasteiger partial charge in [0.15, 0.2) is 17.0 Å². The molecular formula is C26H34F3N7O. The molecular weight excluding hydrogens is 483 g/mol. The number of alkyl halides is 3. The number of carbonyl (C=O) groups excluding carboxylic acids is 1. The number of carbonyl (C=O) groups is 1. The second kappa shape index (κ2) is 10.9. The monoisotopic (exact) mass is 517 g/mol. The van der Waals surface area contributed by atoms with Gasteiger partial charge in [-0.15, -0.1) is 0 Å². The molecule has 4 rings (SSSR count). The Hall–Kier alpha value is -3.37. The molecule has 1 saturated heterocycles. The fraction of sp³-hybridized carbons (Fsp3) is 0.538. The largest absolute Gasteiger partial charge is 0.416 e. The quantitative estimate of drug-likeness (QED) is 0.447. The van der Waals surface area contributed by atoms with Crippen molar-refractivity contribution >= 4 is 28.8 Å². The van der Waals surface area contributed by atoms with Crippen LogP contribution in [-0.4, -0.2) is 56.5 Å². The predicted molar refractivity (Wildman–Crippen MR) is 137 cm³/mol. The van der Waals surface area contributed by atoms with Crippen LogP contribution in [-0.2, 0) is 17.5 Å². The van der Waals surface area contributed by atoms with Gasteiger partial charge < -0.3 is 19.7 Å². The minimum atomic E-state index is -4.41. The van der Waals surface area contributed by atoms with E-state index in [1.54, 1.807) is 12.4 Å². The van der Waals surface area contributed by atoms with Crippen molar-refractivity contribution in [1.29, 1.82) is 0 Å². The van der Waals surface area contributed by atoms with Crippen LogP contribution in [0.3, 0.4) is 0 Å². The van der Waals surface area contributed by atoms with Crippen LogP contribution in [0.15, 0.2) is 30.6 Å². The molecule has 1 aliphatic rings. The zero-order valence-electron chi connectivity index (χ0n) is 21.7. The first-order valence-electron chi connectivity index (χ1n) is 12.8. The third kappa shape index (κ3) is 5.80. The lowest BCUT2D eigenvalue weighted by Gasteiger charge is -2.34. The molecule has 0 spiro atoms. The Balaban J connectivity index is 1.64. The highest BCUT2D eigenvalue weighted by molar-refractivity contribution is 5.85. The summed E-state index contributed by atoms with van der Waals surface area (Å²) in [6.45, 7) is 10.7. The van der Waals surface area contributed by atoms with E-state index in [9.17, 15) is 18.0 Å². The number of hydrogen-bond donors (Lipinski definition) is 1. The highest BCUT2D eigenvalue weighted by atomic mass is 19.4. The number of benzene rings is 1. The van der Waals surface area contributed by atoms with Crippen molar-refractivity contribution in [3.8, 4) is 0 Å². The highest BCUT2D eigenvalue weighted by Gasteiger charge is 2.31. The molecule has 0 saturated carbocycles. The Morgan fingerprint density at radius 2 is 1.97 bits per heavy atom. The summed E-state index contributed by atoms with van der Waals surface area (Å²) in [5, 5.41) is 3.19. The predicted octanol–water partition coefficient (Wildman–Crippen LogP) is 5.12. The van der Waals surface area contributed by atoms with Crippen LogP contribution in [0.25, 0.3) is 11.2 Å². The molecule has 1 unspecified atom stereocenters. The van der Waals surface area contributed by atoms with Crippen molar-refractivity contribution < 1.29 is 18.0 Å². The third-order valence-corrected chi connectivity index (χ3v) is 6.81. The second-order valence-corrected chi connectivity index (χ2v) is 9.64. The van der Waals surface area contributed by atoms with E-state index < -0.39 is 11.7 Å². The maximum absolute atomic E-state index is 13.2. The van der Waals surface area contributed by atoms with Crippen LogP contribution in [0.5, 0.6) is 0 Å². The Bertz CT molecular complexity index is 1240. The molecule has 200 valence electrons. The van der Waals surface area contributed by atoms with Gasteiger partial charge in [-0.25, -0.2) is 4.98 Å². The summed E-state index contributed by atoms with van der Waals surface area (Å²) in [6.07, 6.45) is -1.05. The van der Waals surface area contributed by atoms with Crippen LogP contribution in [0.4, 0.5) is 24.9 Å². The molecule has 1 fully saturated rings. The Kier molecular flexibility index (Phi) is 7.89. The van der Waals surface area contributed by atoms with Gasteiger partial charge in [0.1, 0.15) is 0 Å². The Morgan fingerprint density at radius 3 is 2.65 bits per heavy atom. The lowest BCUT2D eigenvalue weighted by Crippen LogP contribution is -2.45. The van der Waals surface area contributed by atoms with Gasteiger partial charge in [0.05, 0.1) is 17.8 Å². The number of piperidine rings is 1. The minimum absolute atomic E-state index is 0.0995. The number of fused-ring (bicyclic) bond motifs is 1. The van der Waals surface area contributed by atoms with E-state index in [1.807, 2.05) is 42.1 Å². The van der Waals surface area contributed by atoms with E-state index in [0.29, 0.717) is 48.1 Å². The lowest BCUT2D eigenvalue weighted by atomic mass is 9.96. The van der Waals surface area contributed by atoms with Crippen molar-refractivity contribution in [3.05, 3.63) is 41.7 Å². The molecule has 1 amide bonds. The molecule has 0 bridgehead atoms. The topological polar surface area (TPSA) is 79.2 Å². The van der Waals surface area contributed by atoms with Gasteiger partial charge in [0.25, 0.3) is 0 Å². The summed E-state index contributed by atoms with van der Waals surface area (Å²) in [5.41, 5.74) is 0.983. The van der Waals surface area contributed by atoms with E-state index in [0.717, 1.165) is 31.5 Å². The summed E-state index contributed by atoms with van der Waals surface area (Å²) >= 11 is 0. The van der Waals surface area contributed by atoms with Crippen LogP contribution in [0.2, 0.25) is 0 Å². The summed E-state index contributed by atoms with van der Waals surface area (Å²) in [4.78, 5) is 31.0. The minimum Gasteiger partial charge on any atom is -0.364 e. The van der Waals surface area contributed by atoms with Crippen molar-refractivity contribution in [1.82, 2.24) is 24.4 Å². The molecule has 0 radical (unpaired) electrons. The molecule has 3 heterocycles. The number of nitrogens with zero attached hydrogens (tertiary/aromatic N) is 6. The molecule has 8 nitrogen and oxygen atoms in total. The molecule has 3 aromatic rings. The van der Waals surface area contributed by atoms with Crippen molar-refractivity contribution in [2.24, 2.45) is 5.92 Å². The van der Waals surface area contributed by atoms with Crippen LogP contribution in [0.1, 0.15) is 57.7 Å². The Morgan fingerprint density at radius 1 is 1.22 bits per heavy atom. The molecule has 1 N–H and O–H groups in total. The van der Waals surface area contributed by atoms with Crippen LogP contribution < -0.4 is 10.2 Å². The van der Waals surface area contributed by atoms with Gasteiger partial charge >= 0.3 is 6.18 Å². The van der Waals surface area contributed by atoms with Gasteiger partial charge in [-0.3, -0.25) is 4.79 Å². The average molecular weight is 518 g/mol. The molecule has 1 aromatic carbocycles. The standard InChI is InChI=1S/C26H34F3N7O/c1-5-34(6-2)24(37)19-10-8-12-35(15-19)25-32-22(21-23(33-25)36(16-31-21)17(3)4)30-14-18-9-7-11-20(13-18)26(27,28)29/h7,9,11,13,16-17,19H,5-6,8,10,12,14-15H2,1-4H3,(H,30,32,33).